The Bertz CT molecular complexity index is 1180. The van der Waals surface area contributed by atoms with Crippen LogP contribution in [-0.2, 0) is 0 Å². The number of hydrogen-bond donors (Lipinski definition) is 1. The molecule has 1 N–H and O–H groups in total. The number of hydrogen-bond acceptors (Lipinski definition) is 5. The van der Waals surface area contributed by atoms with E-state index in [1.807, 2.05) is 30.0 Å². The lowest BCUT2D eigenvalue weighted by Gasteiger charge is -2.34. The molecule has 1 fully saturated rings. The third-order valence-corrected chi connectivity index (χ3v) is 5.52. The van der Waals surface area contributed by atoms with Gasteiger partial charge in [0.25, 0.3) is 5.91 Å². The normalized spacial score (nSPS) is 15.8. The number of anilines is 2. The Kier molecular flexibility index (Phi) is 6.71. The number of aromatic nitrogens is 2. The topological polar surface area (TPSA) is 81.9 Å². The van der Waals surface area contributed by atoms with Crippen molar-refractivity contribution in [2.75, 3.05) is 11.9 Å². The van der Waals surface area contributed by atoms with Gasteiger partial charge in [-0.1, -0.05) is 0 Å². The summed E-state index contributed by atoms with van der Waals surface area (Å²) in [7, 11) is 0. The number of carbonyl (C=O) groups is 1. The highest BCUT2D eigenvalue weighted by atomic mass is 35.5. The van der Waals surface area contributed by atoms with E-state index in [1.165, 1.54) is 12.1 Å². The number of aryl methyl sites for hydroxylation is 1. The molecule has 4 rings (SSSR count). The van der Waals surface area contributed by atoms with Crippen LogP contribution >= 0.6 is 12.4 Å². The molecule has 1 aliphatic heterocycles. The summed E-state index contributed by atoms with van der Waals surface area (Å²) in [6.45, 7) is 4.64. The summed E-state index contributed by atoms with van der Waals surface area (Å²) in [5.41, 5.74) is 2.78. The summed E-state index contributed by atoms with van der Waals surface area (Å²) in [5, 5.41) is 13.1. The van der Waals surface area contributed by atoms with Crippen molar-refractivity contribution in [1.82, 2.24) is 14.9 Å². The van der Waals surface area contributed by atoms with E-state index in [0.29, 0.717) is 34.5 Å². The fourth-order valence-corrected chi connectivity index (χ4v) is 3.86. The highest BCUT2D eigenvalue weighted by molar-refractivity contribution is 6.07. The van der Waals surface area contributed by atoms with Crippen molar-refractivity contribution < 1.29 is 9.18 Å². The van der Waals surface area contributed by atoms with Crippen LogP contribution in [0.5, 0.6) is 0 Å². The molecule has 3 heterocycles. The number of piperidine rings is 1. The van der Waals surface area contributed by atoms with Crippen molar-refractivity contribution in [2.45, 2.75) is 39.2 Å². The standard InChI is InChI=1S/C23H22FN5O.ClH/c1-14-6-8-18-21(28-17-7-9-20(24)16(11-17)12-25)19(13-26-22(18)27-14)23(30)29-10-4-3-5-15(29)2;/h6-9,11,13,15H,3-5,10H2,1-2H3,(H,26,27,28);1H. The summed E-state index contributed by atoms with van der Waals surface area (Å²) in [4.78, 5) is 24.2. The van der Waals surface area contributed by atoms with Gasteiger partial charge < -0.3 is 10.2 Å². The van der Waals surface area contributed by atoms with E-state index in [1.54, 1.807) is 12.3 Å². The highest BCUT2D eigenvalue weighted by Gasteiger charge is 2.27. The first kappa shape index (κ1) is 22.4. The van der Waals surface area contributed by atoms with Gasteiger partial charge >= 0.3 is 0 Å². The van der Waals surface area contributed by atoms with Crippen molar-refractivity contribution in [3.63, 3.8) is 0 Å². The van der Waals surface area contributed by atoms with Crippen molar-refractivity contribution in [3.05, 3.63) is 59.2 Å². The third-order valence-electron chi connectivity index (χ3n) is 5.52. The lowest BCUT2D eigenvalue weighted by Crippen LogP contribution is -2.42. The molecule has 0 aliphatic carbocycles. The van der Waals surface area contributed by atoms with Gasteiger partial charge in [-0.25, -0.2) is 14.4 Å². The predicted molar refractivity (Wildman–Crippen MR) is 120 cm³/mol. The van der Waals surface area contributed by atoms with Crippen LogP contribution in [0.15, 0.2) is 36.5 Å². The van der Waals surface area contributed by atoms with E-state index in [-0.39, 0.29) is 29.9 Å². The van der Waals surface area contributed by atoms with E-state index in [9.17, 15) is 9.18 Å². The summed E-state index contributed by atoms with van der Waals surface area (Å²) in [6.07, 6.45) is 4.61. The van der Waals surface area contributed by atoms with Crippen molar-refractivity contribution >= 4 is 40.7 Å². The molecule has 6 nitrogen and oxygen atoms in total. The van der Waals surface area contributed by atoms with Crippen LogP contribution in [0.2, 0.25) is 0 Å². The molecule has 8 heteroatoms. The lowest BCUT2D eigenvalue weighted by molar-refractivity contribution is 0.0636. The Morgan fingerprint density at radius 2 is 2.10 bits per heavy atom. The first-order valence-corrected chi connectivity index (χ1v) is 10.0. The molecular weight excluding hydrogens is 417 g/mol. The Balaban J connectivity index is 0.00000272. The zero-order valence-electron chi connectivity index (χ0n) is 17.4. The molecule has 0 radical (unpaired) electrons. The number of nitrogens with zero attached hydrogens (tertiary/aromatic N) is 4. The minimum atomic E-state index is -0.585. The molecule has 0 spiro atoms. The van der Waals surface area contributed by atoms with Gasteiger partial charge in [0.1, 0.15) is 11.9 Å². The Hall–Kier alpha value is -3.24. The first-order chi connectivity index (χ1) is 14.5. The summed E-state index contributed by atoms with van der Waals surface area (Å²) in [6, 6.07) is 9.95. The van der Waals surface area contributed by atoms with Gasteiger partial charge in [-0.2, -0.15) is 5.26 Å². The molecule has 160 valence electrons. The molecule has 1 saturated heterocycles. The molecule has 1 unspecified atom stereocenters. The van der Waals surface area contributed by atoms with E-state index >= 15 is 0 Å². The first-order valence-electron chi connectivity index (χ1n) is 10.0. The summed E-state index contributed by atoms with van der Waals surface area (Å²) in [5.74, 6) is -0.680. The smallest absolute Gasteiger partial charge is 0.257 e. The quantitative estimate of drug-likeness (QED) is 0.611. The molecule has 2 aromatic heterocycles. The number of fused-ring (bicyclic) bond motifs is 1. The number of likely N-dealkylation sites (tertiary alicyclic amines) is 1. The van der Waals surface area contributed by atoms with Crippen molar-refractivity contribution in [2.24, 2.45) is 0 Å². The number of carbonyl (C=O) groups excluding carboxylic acids is 1. The zero-order valence-corrected chi connectivity index (χ0v) is 18.2. The maximum atomic E-state index is 13.8. The molecule has 1 aliphatic rings. The minimum absolute atomic E-state index is 0. The van der Waals surface area contributed by atoms with E-state index in [2.05, 4.69) is 22.2 Å². The number of nitriles is 1. The van der Waals surface area contributed by atoms with Crippen LogP contribution in [0.3, 0.4) is 0 Å². The van der Waals surface area contributed by atoms with Crippen LogP contribution in [0.1, 0.15) is 47.8 Å². The van der Waals surface area contributed by atoms with Crippen LogP contribution in [0.25, 0.3) is 11.0 Å². The van der Waals surface area contributed by atoms with Gasteiger partial charge in [0, 0.05) is 35.6 Å². The van der Waals surface area contributed by atoms with Gasteiger partial charge in [-0.15, -0.1) is 12.4 Å². The van der Waals surface area contributed by atoms with Crippen molar-refractivity contribution in [1.29, 1.82) is 5.26 Å². The number of nitrogens with one attached hydrogen (secondary N) is 1. The maximum Gasteiger partial charge on any atom is 0.257 e. The van der Waals surface area contributed by atoms with Gasteiger partial charge in [-0.05, 0) is 63.4 Å². The second-order valence-electron chi connectivity index (χ2n) is 7.65. The van der Waals surface area contributed by atoms with E-state index < -0.39 is 5.82 Å². The summed E-state index contributed by atoms with van der Waals surface area (Å²) < 4.78 is 13.8. The highest BCUT2D eigenvalue weighted by Crippen LogP contribution is 2.31. The molecule has 0 saturated carbocycles. The Labute approximate surface area is 186 Å². The fraction of sp³-hybridized carbons (Fsp3) is 0.304. The van der Waals surface area contributed by atoms with Gasteiger partial charge in [0.15, 0.2) is 5.65 Å². The van der Waals surface area contributed by atoms with E-state index in [4.69, 9.17) is 5.26 Å². The van der Waals surface area contributed by atoms with Crippen LogP contribution in [0, 0.1) is 24.1 Å². The monoisotopic (exact) mass is 439 g/mol. The SMILES string of the molecule is Cc1ccc2c(Nc3ccc(F)c(C#N)c3)c(C(=O)N3CCCCC3C)cnc2n1.Cl. The summed E-state index contributed by atoms with van der Waals surface area (Å²) >= 11 is 0. The van der Waals surface area contributed by atoms with Crippen molar-refractivity contribution in [3.8, 4) is 6.07 Å². The molecule has 1 amide bonds. The Morgan fingerprint density at radius 3 is 2.84 bits per heavy atom. The molecule has 1 aromatic carbocycles. The van der Waals surface area contributed by atoms with Gasteiger partial charge in [0.2, 0.25) is 0 Å². The van der Waals surface area contributed by atoms with Crippen LogP contribution in [-0.4, -0.2) is 33.4 Å². The average molecular weight is 440 g/mol. The number of benzene rings is 1. The van der Waals surface area contributed by atoms with Crippen LogP contribution in [0.4, 0.5) is 15.8 Å². The second kappa shape index (κ2) is 9.27. The fourth-order valence-electron chi connectivity index (χ4n) is 3.86. The molecule has 3 aromatic rings. The number of amides is 1. The molecule has 1 atom stereocenters. The number of pyridine rings is 2. The zero-order chi connectivity index (χ0) is 21.3. The number of rotatable bonds is 3. The molecule has 0 bridgehead atoms. The minimum Gasteiger partial charge on any atom is -0.354 e. The molecule has 31 heavy (non-hydrogen) atoms. The maximum absolute atomic E-state index is 13.8. The van der Waals surface area contributed by atoms with E-state index in [0.717, 1.165) is 25.0 Å². The molecular formula is C23H23ClFN5O. The largest absolute Gasteiger partial charge is 0.354 e. The van der Waals surface area contributed by atoms with Gasteiger partial charge in [-0.3, -0.25) is 4.79 Å². The lowest BCUT2D eigenvalue weighted by atomic mass is 10.0. The number of halogens is 2. The average Bonchev–Trinajstić information content (AvgIpc) is 2.75. The predicted octanol–water partition coefficient (Wildman–Crippen LogP) is 5.13. The second-order valence-corrected chi connectivity index (χ2v) is 7.65. The van der Waals surface area contributed by atoms with Crippen LogP contribution < -0.4 is 5.32 Å². The third kappa shape index (κ3) is 4.44. The van der Waals surface area contributed by atoms with Gasteiger partial charge in [0.05, 0.1) is 16.8 Å². The Morgan fingerprint density at radius 1 is 1.29 bits per heavy atom.